The highest BCUT2D eigenvalue weighted by molar-refractivity contribution is 7.11. The Hall–Kier alpha value is -2.05. The van der Waals surface area contributed by atoms with E-state index in [0.29, 0.717) is 11.3 Å². The lowest BCUT2D eigenvalue weighted by molar-refractivity contribution is 1.43. The molecule has 0 fully saturated rings. The van der Waals surface area contributed by atoms with Crippen molar-refractivity contribution >= 4 is 22.6 Å². The fourth-order valence-electron chi connectivity index (χ4n) is 1.55. The molecule has 0 aliphatic carbocycles. The van der Waals surface area contributed by atoms with Gasteiger partial charge in [-0.05, 0) is 23.9 Å². The van der Waals surface area contributed by atoms with E-state index in [2.05, 4.69) is 6.07 Å². The number of allylic oxidation sites excluding steroid dienone is 1. The van der Waals surface area contributed by atoms with Crippen molar-refractivity contribution in [2.45, 2.75) is 6.92 Å². The van der Waals surface area contributed by atoms with Crippen molar-refractivity contribution in [2.24, 2.45) is 5.73 Å². The average molecular weight is 240 g/mol. The molecule has 1 heterocycles. The predicted molar refractivity (Wildman–Crippen MR) is 72.1 cm³/mol. The third-order valence-corrected chi connectivity index (χ3v) is 3.40. The summed E-state index contributed by atoms with van der Waals surface area (Å²) >= 11 is 1.52. The van der Waals surface area contributed by atoms with Gasteiger partial charge in [-0.3, -0.25) is 0 Å². The molecule has 2 aromatic rings. The number of thiophene rings is 1. The quantitative estimate of drug-likeness (QED) is 0.818. The first kappa shape index (κ1) is 11.4. The smallest absolute Gasteiger partial charge is 0.103 e. The Bertz CT molecular complexity index is 572. The van der Waals surface area contributed by atoms with Crippen LogP contribution in [0.3, 0.4) is 0 Å². The topological polar surface area (TPSA) is 49.8 Å². The fourth-order valence-corrected chi connectivity index (χ4v) is 2.28. The van der Waals surface area contributed by atoms with Crippen LogP contribution >= 0.6 is 11.3 Å². The van der Waals surface area contributed by atoms with Gasteiger partial charge in [-0.1, -0.05) is 35.9 Å². The van der Waals surface area contributed by atoms with Crippen molar-refractivity contribution in [2.75, 3.05) is 0 Å². The zero-order valence-corrected chi connectivity index (χ0v) is 10.3. The highest BCUT2D eigenvalue weighted by Gasteiger charge is 2.08. The first-order chi connectivity index (χ1) is 8.22. The average Bonchev–Trinajstić information content (AvgIpc) is 2.84. The maximum Gasteiger partial charge on any atom is 0.103 e. The molecule has 17 heavy (non-hydrogen) atoms. The lowest BCUT2D eigenvalue weighted by Gasteiger charge is -2.04. The van der Waals surface area contributed by atoms with Gasteiger partial charge in [0.15, 0.2) is 0 Å². The van der Waals surface area contributed by atoms with Gasteiger partial charge in [-0.15, -0.1) is 11.3 Å². The van der Waals surface area contributed by atoms with Gasteiger partial charge in [0.1, 0.15) is 6.07 Å². The van der Waals surface area contributed by atoms with Crippen LogP contribution in [-0.4, -0.2) is 0 Å². The van der Waals surface area contributed by atoms with Gasteiger partial charge in [-0.25, -0.2) is 0 Å². The van der Waals surface area contributed by atoms with E-state index in [1.807, 2.05) is 48.7 Å². The Labute approximate surface area is 105 Å². The van der Waals surface area contributed by atoms with Crippen LogP contribution in [0.2, 0.25) is 0 Å². The summed E-state index contributed by atoms with van der Waals surface area (Å²) in [5, 5.41) is 11.1. The molecule has 0 aliphatic heterocycles. The molecule has 3 heteroatoms. The van der Waals surface area contributed by atoms with Gasteiger partial charge in [0.2, 0.25) is 0 Å². The molecule has 0 spiro atoms. The SMILES string of the molecule is Cc1ccc(/C(N)=C(/C#N)c2cccs2)cc1. The van der Waals surface area contributed by atoms with Crippen molar-refractivity contribution in [3.63, 3.8) is 0 Å². The molecule has 0 radical (unpaired) electrons. The standard InChI is InChI=1S/C14H12N2S/c1-10-4-6-11(7-5-10)14(16)12(9-15)13-3-2-8-17-13/h2-8H,16H2,1H3/b14-12+. The van der Waals surface area contributed by atoms with Crippen LogP contribution in [0.15, 0.2) is 41.8 Å². The van der Waals surface area contributed by atoms with Crippen LogP contribution in [0.1, 0.15) is 16.0 Å². The number of nitriles is 1. The van der Waals surface area contributed by atoms with E-state index in [9.17, 15) is 5.26 Å². The third-order valence-electron chi connectivity index (χ3n) is 2.51. The van der Waals surface area contributed by atoms with E-state index in [1.165, 1.54) is 16.9 Å². The van der Waals surface area contributed by atoms with Crippen molar-refractivity contribution in [1.82, 2.24) is 0 Å². The fraction of sp³-hybridized carbons (Fsp3) is 0.0714. The minimum Gasteiger partial charge on any atom is -0.397 e. The molecule has 0 atom stereocenters. The molecule has 2 rings (SSSR count). The summed E-state index contributed by atoms with van der Waals surface area (Å²) in [4.78, 5) is 0.908. The minimum atomic E-state index is 0.537. The van der Waals surface area contributed by atoms with Gasteiger partial charge in [0.05, 0.1) is 11.3 Å². The monoisotopic (exact) mass is 240 g/mol. The molecule has 0 aliphatic rings. The number of aryl methyl sites for hydroxylation is 1. The van der Waals surface area contributed by atoms with Crippen LogP contribution in [-0.2, 0) is 0 Å². The second-order valence-electron chi connectivity index (χ2n) is 3.74. The molecule has 2 N–H and O–H groups in total. The molecule has 2 nitrogen and oxygen atoms in total. The summed E-state index contributed by atoms with van der Waals surface area (Å²) in [5.41, 5.74) is 9.20. The zero-order chi connectivity index (χ0) is 12.3. The summed E-state index contributed by atoms with van der Waals surface area (Å²) < 4.78 is 0. The van der Waals surface area contributed by atoms with E-state index in [0.717, 1.165) is 10.4 Å². The first-order valence-electron chi connectivity index (χ1n) is 5.23. The number of hydrogen-bond acceptors (Lipinski definition) is 3. The van der Waals surface area contributed by atoms with Crippen molar-refractivity contribution in [3.05, 3.63) is 57.8 Å². The number of hydrogen-bond donors (Lipinski definition) is 1. The number of nitrogens with zero attached hydrogens (tertiary/aromatic N) is 1. The van der Waals surface area contributed by atoms with E-state index in [-0.39, 0.29) is 0 Å². The normalized spacial score (nSPS) is 11.8. The van der Waals surface area contributed by atoms with Crippen molar-refractivity contribution in [1.29, 1.82) is 5.26 Å². The second-order valence-corrected chi connectivity index (χ2v) is 4.69. The Morgan fingerprint density at radius 2 is 1.94 bits per heavy atom. The van der Waals surface area contributed by atoms with E-state index < -0.39 is 0 Å². The summed E-state index contributed by atoms with van der Waals surface area (Å²) in [5.74, 6) is 0. The zero-order valence-electron chi connectivity index (χ0n) is 9.47. The van der Waals surface area contributed by atoms with E-state index >= 15 is 0 Å². The maximum atomic E-state index is 9.20. The molecular formula is C14H12N2S. The Kier molecular flexibility index (Phi) is 3.27. The minimum absolute atomic E-state index is 0.537. The third kappa shape index (κ3) is 2.38. The van der Waals surface area contributed by atoms with Gasteiger partial charge in [0.25, 0.3) is 0 Å². The highest BCUT2D eigenvalue weighted by Crippen LogP contribution is 2.25. The van der Waals surface area contributed by atoms with E-state index in [1.54, 1.807) is 0 Å². The summed E-state index contributed by atoms with van der Waals surface area (Å²) in [6.07, 6.45) is 0. The molecule has 0 bridgehead atoms. The van der Waals surface area contributed by atoms with Crippen LogP contribution in [0.5, 0.6) is 0 Å². The summed E-state index contributed by atoms with van der Waals surface area (Å²) in [6.45, 7) is 2.02. The molecule has 1 aromatic heterocycles. The van der Waals surface area contributed by atoms with Crippen LogP contribution in [0.25, 0.3) is 11.3 Å². The lowest BCUT2D eigenvalue weighted by atomic mass is 10.1. The Balaban J connectivity index is 2.50. The largest absolute Gasteiger partial charge is 0.397 e. The number of benzene rings is 1. The number of nitrogens with two attached hydrogens (primary N) is 1. The van der Waals surface area contributed by atoms with Crippen LogP contribution < -0.4 is 5.73 Å². The summed E-state index contributed by atoms with van der Waals surface area (Å²) in [6, 6.07) is 13.9. The van der Waals surface area contributed by atoms with Gasteiger partial charge >= 0.3 is 0 Å². The maximum absolute atomic E-state index is 9.20. The number of rotatable bonds is 2. The van der Waals surface area contributed by atoms with Crippen LogP contribution in [0, 0.1) is 18.3 Å². The Morgan fingerprint density at radius 3 is 2.47 bits per heavy atom. The molecular weight excluding hydrogens is 228 g/mol. The Morgan fingerprint density at radius 1 is 1.24 bits per heavy atom. The van der Waals surface area contributed by atoms with E-state index in [4.69, 9.17) is 5.73 Å². The van der Waals surface area contributed by atoms with Crippen LogP contribution in [0.4, 0.5) is 0 Å². The lowest BCUT2D eigenvalue weighted by Crippen LogP contribution is -1.99. The molecule has 1 aromatic carbocycles. The molecule has 0 unspecified atom stereocenters. The highest BCUT2D eigenvalue weighted by atomic mass is 32.1. The predicted octanol–water partition coefficient (Wildman–Crippen LogP) is 3.41. The molecule has 0 saturated carbocycles. The molecule has 0 amide bonds. The summed E-state index contributed by atoms with van der Waals surface area (Å²) in [7, 11) is 0. The first-order valence-corrected chi connectivity index (χ1v) is 6.11. The van der Waals surface area contributed by atoms with Gasteiger partial charge in [-0.2, -0.15) is 5.26 Å². The van der Waals surface area contributed by atoms with Crippen molar-refractivity contribution < 1.29 is 0 Å². The van der Waals surface area contributed by atoms with Gasteiger partial charge in [0, 0.05) is 4.88 Å². The second kappa shape index (κ2) is 4.86. The van der Waals surface area contributed by atoms with Gasteiger partial charge < -0.3 is 5.73 Å². The molecule has 84 valence electrons. The van der Waals surface area contributed by atoms with Crippen molar-refractivity contribution in [3.8, 4) is 6.07 Å². The molecule has 0 saturated heterocycles.